The van der Waals surface area contributed by atoms with E-state index in [1.807, 2.05) is 0 Å². The Labute approximate surface area is 119 Å². The van der Waals surface area contributed by atoms with Crippen LogP contribution in [0, 0.1) is 0 Å². The lowest BCUT2D eigenvalue weighted by atomic mass is 10.1. The smallest absolute Gasteiger partial charge is 0.211 e. The van der Waals surface area contributed by atoms with Crippen LogP contribution in [0.3, 0.4) is 0 Å². The number of hydrogen-bond acceptors (Lipinski definition) is 6. The summed E-state index contributed by atoms with van der Waals surface area (Å²) in [7, 11) is -1.60. The fourth-order valence-corrected chi connectivity index (χ4v) is 3.54. The minimum atomic E-state index is -3.23. The summed E-state index contributed by atoms with van der Waals surface area (Å²) in [5, 5.41) is 3.14. The number of rotatable bonds is 6. The number of aromatic nitrogens is 2. The molecule has 20 heavy (non-hydrogen) atoms. The quantitative estimate of drug-likeness (QED) is 0.776. The summed E-state index contributed by atoms with van der Waals surface area (Å²) >= 11 is 0. The van der Waals surface area contributed by atoms with Gasteiger partial charge < -0.3 is 10.1 Å². The molecule has 0 amide bonds. The van der Waals surface area contributed by atoms with Gasteiger partial charge in [-0.3, -0.25) is 4.98 Å². The molecule has 8 heteroatoms. The molecule has 0 saturated carbocycles. The molecule has 1 aliphatic heterocycles. The van der Waals surface area contributed by atoms with Crippen LogP contribution in [-0.4, -0.2) is 55.8 Å². The standard InChI is InChI=1S/C12H20N4O3S/c1-19-9-7-15-12-11(13-5-6-14-12)10-4-3-8-16(10)20(2,17)18/h5-6,10H,3-4,7-9H2,1-2H3,(H,14,15)/t10-/m0/s1. The lowest BCUT2D eigenvalue weighted by Gasteiger charge is -2.23. The maximum Gasteiger partial charge on any atom is 0.211 e. The van der Waals surface area contributed by atoms with Gasteiger partial charge in [0.1, 0.15) is 11.5 Å². The number of methoxy groups -OCH3 is 1. The van der Waals surface area contributed by atoms with Crippen LogP contribution in [-0.2, 0) is 14.8 Å². The predicted octanol–water partition coefficient (Wildman–Crippen LogP) is 0.631. The van der Waals surface area contributed by atoms with Gasteiger partial charge in [-0.1, -0.05) is 0 Å². The van der Waals surface area contributed by atoms with Crippen molar-refractivity contribution in [2.45, 2.75) is 18.9 Å². The van der Waals surface area contributed by atoms with Crippen molar-refractivity contribution in [2.75, 3.05) is 38.4 Å². The zero-order valence-electron chi connectivity index (χ0n) is 11.7. The Morgan fingerprint density at radius 2 is 2.20 bits per heavy atom. The fraction of sp³-hybridized carbons (Fsp3) is 0.667. The van der Waals surface area contributed by atoms with E-state index in [9.17, 15) is 8.42 Å². The van der Waals surface area contributed by atoms with Gasteiger partial charge in [-0.25, -0.2) is 13.4 Å². The highest BCUT2D eigenvalue weighted by Crippen LogP contribution is 2.35. The average Bonchev–Trinajstić information content (AvgIpc) is 2.89. The van der Waals surface area contributed by atoms with Crippen molar-refractivity contribution in [2.24, 2.45) is 0 Å². The van der Waals surface area contributed by atoms with Crippen molar-refractivity contribution < 1.29 is 13.2 Å². The molecule has 0 spiro atoms. The summed E-state index contributed by atoms with van der Waals surface area (Å²) in [6.45, 7) is 1.70. The highest BCUT2D eigenvalue weighted by Gasteiger charge is 2.35. The number of ether oxygens (including phenoxy) is 1. The van der Waals surface area contributed by atoms with E-state index in [1.165, 1.54) is 10.6 Å². The summed E-state index contributed by atoms with van der Waals surface area (Å²) in [5.74, 6) is 0.630. The summed E-state index contributed by atoms with van der Waals surface area (Å²) in [5.41, 5.74) is 0.687. The molecule has 1 aliphatic rings. The average molecular weight is 300 g/mol. The first-order chi connectivity index (χ1) is 9.54. The number of nitrogens with zero attached hydrogens (tertiary/aromatic N) is 3. The Hall–Kier alpha value is -1.25. The van der Waals surface area contributed by atoms with Crippen LogP contribution in [0.25, 0.3) is 0 Å². The minimum absolute atomic E-state index is 0.233. The maximum absolute atomic E-state index is 11.8. The molecule has 1 aromatic rings. The lowest BCUT2D eigenvalue weighted by molar-refractivity contribution is 0.210. The van der Waals surface area contributed by atoms with Gasteiger partial charge in [0.2, 0.25) is 10.0 Å². The van der Waals surface area contributed by atoms with Gasteiger partial charge in [0.15, 0.2) is 0 Å². The number of anilines is 1. The third-order valence-corrected chi connectivity index (χ3v) is 4.56. The zero-order valence-corrected chi connectivity index (χ0v) is 12.6. The van der Waals surface area contributed by atoms with Gasteiger partial charge in [-0.2, -0.15) is 4.31 Å². The van der Waals surface area contributed by atoms with Gasteiger partial charge in [0, 0.05) is 32.6 Å². The molecule has 2 rings (SSSR count). The molecular formula is C12H20N4O3S. The molecule has 7 nitrogen and oxygen atoms in total. The Morgan fingerprint density at radius 1 is 1.45 bits per heavy atom. The molecule has 0 unspecified atom stereocenters. The molecule has 1 aromatic heterocycles. The first-order valence-corrected chi connectivity index (χ1v) is 8.39. The normalized spacial score (nSPS) is 20.2. The minimum Gasteiger partial charge on any atom is -0.383 e. The largest absolute Gasteiger partial charge is 0.383 e. The maximum atomic E-state index is 11.8. The van der Waals surface area contributed by atoms with Crippen LogP contribution in [0.15, 0.2) is 12.4 Å². The first kappa shape index (κ1) is 15.1. The number of sulfonamides is 1. The second kappa shape index (κ2) is 6.47. The van der Waals surface area contributed by atoms with E-state index < -0.39 is 10.0 Å². The monoisotopic (exact) mass is 300 g/mol. The highest BCUT2D eigenvalue weighted by molar-refractivity contribution is 7.88. The molecule has 0 aliphatic carbocycles. The first-order valence-electron chi connectivity index (χ1n) is 6.54. The summed E-state index contributed by atoms with van der Waals surface area (Å²) in [6.07, 6.45) is 6.03. The zero-order chi connectivity index (χ0) is 14.6. The molecule has 1 atom stereocenters. The van der Waals surface area contributed by atoms with E-state index in [-0.39, 0.29) is 6.04 Å². The number of hydrogen-bond donors (Lipinski definition) is 1. The summed E-state index contributed by atoms with van der Waals surface area (Å²) in [6, 6.07) is -0.233. The SMILES string of the molecule is COCCNc1nccnc1[C@@H]1CCCN1S(C)(=O)=O. The van der Waals surface area contributed by atoms with E-state index in [2.05, 4.69) is 15.3 Å². The summed E-state index contributed by atoms with van der Waals surface area (Å²) in [4.78, 5) is 8.59. The second-order valence-corrected chi connectivity index (χ2v) is 6.68. The highest BCUT2D eigenvalue weighted by atomic mass is 32.2. The van der Waals surface area contributed by atoms with Gasteiger partial charge in [0.05, 0.1) is 18.9 Å². The molecule has 0 bridgehead atoms. The topological polar surface area (TPSA) is 84.4 Å². The molecule has 1 N–H and O–H groups in total. The van der Waals surface area contributed by atoms with E-state index in [0.717, 1.165) is 12.8 Å². The summed E-state index contributed by atoms with van der Waals surface area (Å²) < 4.78 is 30.1. The Bertz CT molecular complexity index is 549. The van der Waals surface area contributed by atoms with Crippen LogP contribution in [0.5, 0.6) is 0 Å². The van der Waals surface area contributed by atoms with Gasteiger partial charge in [-0.05, 0) is 12.8 Å². The number of nitrogens with one attached hydrogen (secondary N) is 1. The molecule has 2 heterocycles. The van der Waals surface area contributed by atoms with Gasteiger partial charge >= 0.3 is 0 Å². The Kier molecular flexibility index (Phi) is 4.90. The third kappa shape index (κ3) is 3.44. The van der Waals surface area contributed by atoms with Crippen molar-refractivity contribution in [1.29, 1.82) is 0 Å². The van der Waals surface area contributed by atoms with Crippen LogP contribution in [0.4, 0.5) is 5.82 Å². The van der Waals surface area contributed by atoms with Crippen molar-refractivity contribution in [3.63, 3.8) is 0 Å². The second-order valence-electron chi connectivity index (χ2n) is 4.74. The predicted molar refractivity (Wildman–Crippen MR) is 75.9 cm³/mol. The van der Waals surface area contributed by atoms with Crippen LogP contribution >= 0.6 is 0 Å². The molecular weight excluding hydrogens is 280 g/mol. The van der Waals surface area contributed by atoms with E-state index >= 15 is 0 Å². The Morgan fingerprint density at radius 3 is 2.90 bits per heavy atom. The van der Waals surface area contributed by atoms with Crippen LogP contribution < -0.4 is 5.32 Å². The van der Waals surface area contributed by atoms with Gasteiger partial charge in [0.25, 0.3) is 0 Å². The van der Waals surface area contributed by atoms with Crippen LogP contribution in [0.1, 0.15) is 24.6 Å². The van der Waals surface area contributed by atoms with Crippen LogP contribution in [0.2, 0.25) is 0 Å². The third-order valence-electron chi connectivity index (χ3n) is 3.27. The van der Waals surface area contributed by atoms with E-state index in [1.54, 1.807) is 19.5 Å². The van der Waals surface area contributed by atoms with Crippen molar-refractivity contribution >= 4 is 15.8 Å². The van der Waals surface area contributed by atoms with Crippen molar-refractivity contribution in [1.82, 2.24) is 14.3 Å². The van der Waals surface area contributed by atoms with E-state index in [0.29, 0.717) is 31.2 Å². The molecule has 0 aromatic carbocycles. The molecule has 1 saturated heterocycles. The molecule has 0 radical (unpaired) electrons. The van der Waals surface area contributed by atoms with Crippen molar-refractivity contribution in [3.8, 4) is 0 Å². The molecule has 1 fully saturated rings. The fourth-order valence-electron chi connectivity index (χ4n) is 2.41. The van der Waals surface area contributed by atoms with Gasteiger partial charge in [-0.15, -0.1) is 0 Å². The lowest BCUT2D eigenvalue weighted by Crippen LogP contribution is -2.30. The van der Waals surface area contributed by atoms with E-state index in [4.69, 9.17) is 4.74 Å². The van der Waals surface area contributed by atoms with Crippen molar-refractivity contribution in [3.05, 3.63) is 18.1 Å². The molecule has 112 valence electrons. The Balaban J connectivity index is 2.23.